The molecule has 0 N–H and O–H groups in total. The molecule has 0 aromatic heterocycles. The standard InChI is InChI=1S/C31H42O5/c1-23(2)17-26(18-24(3)4)11-12-27-19-31(36-30(27)32,21-34-20-25-9-7-6-8-10-25)22-35-29-15-13-28(33-5)14-16-29/h6-10,12-16,23-24,26H,11,17-22H2,1-5H3/b27-12-. The predicted molar refractivity (Wildman–Crippen MR) is 143 cm³/mol. The van der Waals surface area contributed by atoms with Gasteiger partial charge in [-0.3, -0.25) is 0 Å². The van der Waals surface area contributed by atoms with Gasteiger partial charge in [-0.15, -0.1) is 0 Å². The molecule has 196 valence electrons. The maximum Gasteiger partial charge on any atom is 0.334 e. The van der Waals surface area contributed by atoms with Crippen molar-refractivity contribution in [3.63, 3.8) is 0 Å². The molecule has 0 aliphatic carbocycles. The number of carbonyl (C=O) groups is 1. The quantitative estimate of drug-likeness (QED) is 0.209. The van der Waals surface area contributed by atoms with Gasteiger partial charge >= 0.3 is 5.97 Å². The highest BCUT2D eigenvalue weighted by atomic mass is 16.6. The summed E-state index contributed by atoms with van der Waals surface area (Å²) in [4.78, 5) is 13.0. The molecule has 3 rings (SSSR count). The first kappa shape index (κ1) is 27.8. The van der Waals surface area contributed by atoms with Gasteiger partial charge in [-0.25, -0.2) is 4.79 Å². The molecule has 1 aliphatic rings. The van der Waals surface area contributed by atoms with Gasteiger partial charge in [0.2, 0.25) is 0 Å². The van der Waals surface area contributed by atoms with Crippen molar-refractivity contribution in [2.75, 3.05) is 20.3 Å². The van der Waals surface area contributed by atoms with Crippen molar-refractivity contribution in [3.8, 4) is 11.5 Å². The van der Waals surface area contributed by atoms with Crippen LogP contribution in [0.1, 0.15) is 58.9 Å². The Labute approximate surface area is 216 Å². The van der Waals surface area contributed by atoms with Crippen molar-refractivity contribution in [1.29, 1.82) is 0 Å². The Morgan fingerprint density at radius 1 is 0.917 bits per heavy atom. The molecule has 0 amide bonds. The minimum absolute atomic E-state index is 0.221. The predicted octanol–water partition coefficient (Wildman–Crippen LogP) is 7.00. The summed E-state index contributed by atoms with van der Waals surface area (Å²) in [5, 5.41) is 0. The van der Waals surface area contributed by atoms with Gasteiger partial charge in [0.15, 0.2) is 5.60 Å². The van der Waals surface area contributed by atoms with E-state index in [0.717, 1.165) is 36.1 Å². The van der Waals surface area contributed by atoms with Gasteiger partial charge in [0, 0.05) is 12.0 Å². The van der Waals surface area contributed by atoms with Crippen LogP contribution in [0.5, 0.6) is 11.5 Å². The van der Waals surface area contributed by atoms with Gasteiger partial charge in [0.25, 0.3) is 0 Å². The largest absolute Gasteiger partial charge is 0.497 e. The molecule has 36 heavy (non-hydrogen) atoms. The number of allylic oxidation sites excluding steroid dienone is 1. The Morgan fingerprint density at radius 3 is 2.17 bits per heavy atom. The van der Waals surface area contributed by atoms with E-state index in [1.165, 1.54) is 0 Å². The van der Waals surface area contributed by atoms with Gasteiger partial charge in [0.05, 0.1) is 20.3 Å². The van der Waals surface area contributed by atoms with Gasteiger partial charge in [0.1, 0.15) is 18.1 Å². The minimum atomic E-state index is -0.858. The van der Waals surface area contributed by atoms with Crippen LogP contribution in [0.3, 0.4) is 0 Å². The normalized spacial score (nSPS) is 18.9. The summed E-state index contributed by atoms with van der Waals surface area (Å²) in [6.07, 6.45) is 5.78. The summed E-state index contributed by atoms with van der Waals surface area (Å²) in [6, 6.07) is 17.4. The van der Waals surface area contributed by atoms with E-state index < -0.39 is 5.60 Å². The summed E-state index contributed by atoms with van der Waals surface area (Å²) in [5.41, 5.74) is 0.951. The van der Waals surface area contributed by atoms with Crippen molar-refractivity contribution < 1.29 is 23.7 Å². The molecule has 5 heteroatoms. The smallest absolute Gasteiger partial charge is 0.334 e. The summed E-state index contributed by atoms with van der Waals surface area (Å²) < 4.78 is 23.3. The number of benzene rings is 2. The fourth-order valence-corrected chi connectivity index (χ4v) is 4.82. The molecule has 2 aromatic rings. The minimum Gasteiger partial charge on any atom is -0.497 e. The van der Waals surface area contributed by atoms with Crippen LogP contribution in [0.25, 0.3) is 0 Å². The number of hydrogen-bond acceptors (Lipinski definition) is 5. The molecule has 0 spiro atoms. The molecule has 0 radical (unpaired) electrons. The third-order valence-electron chi connectivity index (χ3n) is 6.43. The lowest BCUT2D eigenvalue weighted by Gasteiger charge is -2.27. The Balaban J connectivity index is 1.71. The van der Waals surface area contributed by atoms with Crippen LogP contribution in [0.15, 0.2) is 66.2 Å². The molecule has 0 saturated carbocycles. The SMILES string of the molecule is COc1ccc(OCC2(COCc3ccccc3)C/C(=C/CC(CC(C)C)CC(C)C)C(=O)O2)cc1. The van der Waals surface area contributed by atoms with Gasteiger partial charge in [-0.05, 0) is 66.8 Å². The fraction of sp³-hybridized carbons (Fsp3) is 0.516. The molecule has 5 nitrogen and oxygen atoms in total. The van der Waals surface area contributed by atoms with Crippen LogP contribution in [0.2, 0.25) is 0 Å². The van der Waals surface area contributed by atoms with Crippen molar-refractivity contribution in [1.82, 2.24) is 0 Å². The molecule has 1 atom stereocenters. The van der Waals surface area contributed by atoms with E-state index in [1.54, 1.807) is 7.11 Å². The molecular weight excluding hydrogens is 452 g/mol. The molecule has 1 heterocycles. The third kappa shape index (κ3) is 8.70. The van der Waals surface area contributed by atoms with Crippen molar-refractivity contribution in [2.45, 2.75) is 65.6 Å². The number of hydrogen-bond donors (Lipinski definition) is 0. The Morgan fingerprint density at radius 2 is 1.56 bits per heavy atom. The van der Waals surface area contributed by atoms with Crippen LogP contribution in [0.4, 0.5) is 0 Å². The topological polar surface area (TPSA) is 54.0 Å². The fourth-order valence-electron chi connectivity index (χ4n) is 4.82. The number of carbonyl (C=O) groups excluding carboxylic acids is 1. The molecule has 1 saturated heterocycles. The highest BCUT2D eigenvalue weighted by Gasteiger charge is 2.45. The first-order valence-corrected chi connectivity index (χ1v) is 13.1. The van der Waals surface area contributed by atoms with E-state index in [2.05, 4.69) is 33.8 Å². The summed E-state index contributed by atoms with van der Waals surface area (Å²) >= 11 is 0. The van der Waals surface area contributed by atoms with Crippen LogP contribution in [-0.2, 0) is 20.9 Å². The van der Waals surface area contributed by atoms with E-state index in [1.807, 2.05) is 54.6 Å². The van der Waals surface area contributed by atoms with Crippen molar-refractivity contribution >= 4 is 5.97 Å². The van der Waals surface area contributed by atoms with E-state index in [0.29, 0.717) is 36.5 Å². The second-order valence-corrected chi connectivity index (χ2v) is 10.8. The second kappa shape index (κ2) is 13.5. The van der Waals surface area contributed by atoms with E-state index >= 15 is 0 Å². The van der Waals surface area contributed by atoms with Gasteiger partial charge in [-0.1, -0.05) is 64.1 Å². The zero-order valence-corrected chi connectivity index (χ0v) is 22.5. The molecule has 1 unspecified atom stereocenters. The molecule has 1 aliphatic heterocycles. The number of esters is 1. The first-order valence-electron chi connectivity index (χ1n) is 13.1. The average Bonchev–Trinajstić information content (AvgIpc) is 3.17. The Hall–Kier alpha value is -2.79. The average molecular weight is 495 g/mol. The first-order chi connectivity index (χ1) is 17.3. The summed E-state index contributed by atoms with van der Waals surface area (Å²) in [6.45, 7) is 9.98. The molecular formula is C31H42O5. The number of ether oxygens (including phenoxy) is 4. The molecule has 1 fully saturated rings. The Kier molecular flexibility index (Phi) is 10.4. The van der Waals surface area contributed by atoms with Gasteiger partial charge < -0.3 is 18.9 Å². The third-order valence-corrected chi connectivity index (χ3v) is 6.43. The number of rotatable bonds is 14. The van der Waals surface area contributed by atoms with E-state index in [-0.39, 0.29) is 19.2 Å². The maximum absolute atomic E-state index is 13.0. The van der Waals surface area contributed by atoms with E-state index in [9.17, 15) is 4.79 Å². The van der Waals surface area contributed by atoms with Crippen LogP contribution in [0, 0.1) is 17.8 Å². The lowest BCUT2D eigenvalue weighted by molar-refractivity contribution is -0.156. The van der Waals surface area contributed by atoms with Crippen molar-refractivity contribution in [2.24, 2.45) is 17.8 Å². The monoisotopic (exact) mass is 494 g/mol. The second-order valence-electron chi connectivity index (χ2n) is 10.8. The lowest BCUT2D eigenvalue weighted by Crippen LogP contribution is -2.40. The lowest BCUT2D eigenvalue weighted by atomic mass is 9.86. The Bertz CT molecular complexity index is 954. The molecule has 2 aromatic carbocycles. The maximum atomic E-state index is 13.0. The van der Waals surface area contributed by atoms with Crippen molar-refractivity contribution in [3.05, 3.63) is 71.8 Å². The summed E-state index contributed by atoms with van der Waals surface area (Å²) in [7, 11) is 1.63. The highest BCUT2D eigenvalue weighted by Crippen LogP contribution is 2.34. The highest BCUT2D eigenvalue weighted by molar-refractivity contribution is 5.91. The zero-order valence-electron chi connectivity index (χ0n) is 22.5. The van der Waals surface area contributed by atoms with Crippen LogP contribution >= 0.6 is 0 Å². The summed E-state index contributed by atoms with van der Waals surface area (Å²) in [5.74, 6) is 3.02. The number of methoxy groups -OCH3 is 1. The zero-order chi connectivity index (χ0) is 26.0. The van der Waals surface area contributed by atoms with E-state index in [4.69, 9.17) is 18.9 Å². The van der Waals surface area contributed by atoms with Crippen LogP contribution < -0.4 is 9.47 Å². The number of cyclic esters (lactones) is 1. The van der Waals surface area contributed by atoms with Crippen LogP contribution in [-0.4, -0.2) is 31.9 Å². The molecule has 0 bridgehead atoms. The van der Waals surface area contributed by atoms with Gasteiger partial charge in [-0.2, -0.15) is 0 Å².